The van der Waals surface area contributed by atoms with Gasteiger partial charge in [0.1, 0.15) is 17.7 Å². The fraction of sp³-hybridized carbons (Fsp3) is 0.375. The van der Waals surface area contributed by atoms with Gasteiger partial charge in [-0.15, -0.1) is 0 Å². The van der Waals surface area contributed by atoms with Crippen LogP contribution in [-0.2, 0) is 22.6 Å². The van der Waals surface area contributed by atoms with Crippen molar-refractivity contribution in [3.8, 4) is 5.82 Å². The summed E-state index contributed by atoms with van der Waals surface area (Å²) in [6.45, 7) is 0.750. The van der Waals surface area contributed by atoms with Gasteiger partial charge in [0.15, 0.2) is 5.78 Å². The van der Waals surface area contributed by atoms with Gasteiger partial charge in [0.2, 0.25) is 0 Å². The van der Waals surface area contributed by atoms with E-state index in [2.05, 4.69) is 4.98 Å². The molecule has 0 N–H and O–H groups in total. The highest BCUT2D eigenvalue weighted by Crippen LogP contribution is 2.29. The lowest BCUT2D eigenvalue weighted by atomic mass is 10.1. The number of fused-ring (bicyclic) bond motifs is 1. The summed E-state index contributed by atoms with van der Waals surface area (Å²) in [5, 5.41) is 0. The summed E-state index contributed by atoms with van der Waals surface area (Å²) in [4.78, 5) is 56.2. The molecule has 5 rings (SSSR count). The minimum absolute atomic E-state index is 0.00122. The molecule has 0 aliphatic carbocycles. The SMILES string of the molecule is O=C(CC[C@H]1CN(c2ccc(N3CCn4c(=O)n(-c5ccccn5)c(=O)n4CC3)c(F)c2)C(=O)O1)C(F)F. The maximum Gasteiger partial charge on any atom is 0.414 e. The lowest BCUT2D eigenvalue weighted by Gasteiger charge is -2.23. The number of anilines is 2. The van der Waals surface area contributed by atoms with Crippen molar-refractivity contribution in [2.45, 2.75) is 38.5 Å². The van der Waals surface area contributed by atoms with Crippen LogP contribution in [0, 0.1) is 5.82 Å². The molecule has 0 radical (unpaired) electrons. The molecule has 4 heterocycles. The molecule has 2 aliphatic rings. The largest absolute Gasteiger partial charge is 0.444 e. The first kappa shape index (κ1) is 25.3. The van der Waals surface area contributed by atoms with Crippen molar-refractivity contribution in [2.75, 3.05) is 29.4 Å². The first-order chi connectivity index (χ1) is 18.2. The van der Waals surface area contributed by atoms with Crippen LogP contribution >= 0.6 is 0 Å². The van der Waals surface area contributed by atoms with Crippen LogP contribution in [0.25, 0.3) is 5.82 Å². The third kappa shape index (κ3) is 4.68. The van der Waals surface area contributed by atoms with Crippen LogP contribution in [0.2, 0.25) is 0 Å². The van der Waals surface area contributed by atoms with Crippen LogP contribution in [0.1, 0.15) is 12.8 Å². The van der Waals surface area contributed by atoms with Gasteiger partial charge in [0.25, 0.3) is 6.43 Å². The summed E-state index contributed by atoms with van der Waals surface area (Å²) in [7, 11) is 0. The zero-order chi connectivity index (χ0) is 27.0. The first-order valence-electron chi connectivity index (χ1n) is 11.9. The maximum absolute atomic E-state index is 15.2. The van der Waals surface area contributed by atoms with Gasteiger partial charge in [-0.1, -0.05) is 6.07 Å². The molecular formula is C24H23F3N6O5. The molecule has 2 aromatic heterocycles. The van der Waals surface area contributed by atoms with E-state index in [1.807, 2.05) is 0 Å². The minimum Gasteiger partial charge on any atom is -0.444 e. The molecule has 2 aliphatic heterocycles. The molecule has 0 bridgehead atoms. The van der Waals surface area contributed by atoms with E-state index in [1.165, 1.54) is 32.6 Å². The average Bonchev–Trinajstić information content (AvgIpc) is 3.27. The Hall–Kier alpha value is -4.36. The highest BCUT2D eigenvalue weighted by molar-refractivity contribution is 5.90. The number of Topliss-reactive ketones (excluding diaryl/α,β-unsaturated/α-hetero) is 1. The Balaban J connectivity index is 1.29. The number of carbonyl (C=O) groups excluding carboxylic acids is 2. The Labute approximate surface area is 213 Å². The Kier molecular flexibility index (Phi) is 6.78. The summed E-state index contributed by atoms with van der Waals surface area (Å²) in [5.74, 6) is -1.63. The van der Waals surface area contributed by atoms with Gasteiger partial charge in [-0.3, -0.25) is 9.69 Å². The fourth-order valence-electron chi connectivity index (χ4n) is 4.63. The Morgan fingerprint density at radius 3 is 2.34 bits per heavy atom. The van der Waals surface area contributed by atoms with E-state index in [-0.39, 0.29) is 56.3 Å². The Morgan fingerprint density at radius 2 is 1.74 bits per heavy atom. The molecule has 1 amide bonds. The molecule has 0 spiro atoms. The van der Waals surface area contributed by atoms with E-state index in [0.717, 1.165) is 10.6 Å². The van der Waals surface area contributed by atoms with E-state index in [4.69, 9.17) is 4.74 Å². The number of nitrogens with zero attached hydrogens (tertiary/aromatic N) is 6. The summed E-state index contributed by atoms with van der Waals surface area (Å²) < 4.78 is 48.8. The third-order valence-corrected chi connectivity index (χ3v) is 6.57. The number of cyclic esters (lactones) is 1. The zero-order valence-electron chi connectivity index (χ0n) is 20.0. The van der Waals surface area contributed by atoms with Crippen molar-refractivity contribution in [2.24, 2.45) is 0 Å². The van der Waals surface area contributed by atoms with Crippen molar-refractivity contribution in [3.63, 3.8) is 0 Å². The standard InChI is InChI=1S/C24H23F3N6O5/c25-17-13-15(30-14-16(38-24(30)37)5-7-19(34)21(26)27)4-6-18(17)29-9-11-31-22(35)33(20-3-1-2-8-28-20)23(36)32(31)12-10-29/h1-4,6,8,13,16,21H,5,7,9-12,14H2/t16-/m0/s1. The van der Waals surface area contributed by atoms with Crippen LogP contribution < -0.4 is 21.2 Å². The number of amides is 1. The molecule has 1 aromatic carbocycles. The predicted molar refractivity (Wildman–Crippen MR) is 129 cm³/mol. The molecule has 3 aromatic rings. The van der Waals surface area contributed by atoms with E-state index in [1.54, 1.807) is 23.1 Å². The Bertz CT molecular complexity index is 1450. The maximum atomic E-state index is 15.2. The van der Waals surface area contributed by atoms with E-state index in [0.29, 0.717) is 0 Å². The molecule has 11 nitrogen and oxygen atoms in total. The summed E-state index contributed by atoms with van der Waals surface area (Å²) in [6, 6.07) is 9.09. The monoisotopic (exact) mass is 532 g/mol. The number of carbonyl (C=O) groups is 2. The molecule has 1 atom stereocenters. The highest BCUT2D eigenvalue weighted by Gasteiger charge is 2.34. The molecule has 1 saturated heterocycles. The van der Waals surface area contributed by atoms with Crippen molar-refractivity contribution in [1.29, 1.82) is 0 Å². The van der Waals surface area contributed by atoms with Gasteiger partial charge in [0, 0.05) is 25.7 Å². The lowest BCUT2D eigenvalue weighted by Crippen LogP contribution is -2.33. The van der Waals surface area contributed by atoms with Gasteiger partial charge in [0.05, 0.1) is 31.0 Å². The number of rotatable bonds is 7. The molecule has 0 saturated carbocycles. The molecule has 14 heteroatoms. The van der Waals surface area contributed by atoms with Crippen molar-refractivity contribution in [3.05, 3.63) is 69.4 Å². The topological polar surface area (TPSA) is 112 Å². The van der Waals surface area contributed by atoms with Crippen LogP contribution in [0.15, 0.2) is 52.2 Å². The predicted octanol–water partition coefficient (Wildman–Crippen LogP) is 1.79. The molecular weight excluding hydrogens is 509 g/mol. The second kappa shape index (κ2) is 10.2. The zero-order valence-corrected chi connectivity index (χ0v) is 20.0. The number of hydrogen-bond acceptors (Lipinski definition) is 7. The fourth-order valence-corrected chi connectivity index (χ4v) is 4.63. The van der Waals surface area contributed by atoms with Crippen LogP contribution in [0.3, 0.4) is 0 Å². The summed E-state index contributed by atoms with van der Waals surface area (Å²) >= 11 is 0. The van der Waals surface area contributed by atoms with Crippen LogP contribution in [0.4, 0.5) is 29.3 Å². The van der Waals surface area contributed by atoms with Crippen LogP contribution in [0.5, 0.6) is 0 Å². The van der Waals surface area contributed by atoms with Crippen LogP contribution in [-0.4, -0.2) is 63.0 Å². The van der Waals surface area contributed by atoms with Crippen molar-refractivity contribution >= 4 is 23.3 Å². The minimum atomic E-state index is -3.08. The molecule has 38 heavy (non-hydrogen) atoms. The van der Waals surface area contributed by atoms with E-state index >= 15 is 4.39 Å². The molecule has 0 unspecified atom stereocenters. The van der Waals surface area contributed by atoms with Gasteiger partial charge < -0.3 is 9.64 Å². The van der Waals surface area contributed by atoms with Crippen molar-refractivity contribution < 1.29 is 27.5 Å². The van der Waals surface area contributed by atoms with E-state index in [9.17, 15) is 28.0 Å². The number of halogens is 3. The normalized spacial score (nSPS) is 17.5. The number of aromatic nitrogens is 4. The second-order valence-corrected chi connectivity index (χ2v) is 8.88. The van der Waals surface area contributed by atoms with Gasteiger partial charge >= 0.3 is 17.5 Å². The van der Waals surface area contributed by atoms with Gasteiger partial charge in [-0.2, -0.15) is 4.57 Å². The van der Waals surface area contributed by atoms with Crippen molar-refractivity contribution in [1.82, 2.24) is 18.9 Å². The van der Waals surface area contributed by atoms with Gasteiger partial charge in [-0.05, 0) is 36.8 Å². The molecule has 1 fully saturated rings. The highest BCUT2D eigenvalue weighted by atomic mass is 19.3. The number of ketones is 1. The average molecular weight is 532 g/mol. The Morgan fingerprint density at radius 1 is 1.03 bits per heavy atom. The first-order valence-corrected chi connectivity index (χ1v) is 11.9. The lowest BCUT2D eigenvalue weighted by molar-refractivity contribution is -0.129. The number of pyridine rings is 1. The van der Waals surface area contributed by atoms with E-state index < -0.39 is 48.0 Å². The smallest absolute Gasteiger partial charge is 0.414 e. The quantitative estimate of drug-likeness (QED) is 0.456. The number of hydrogen-bond donors (Lipinski definition) is 0. The summed E-state index contributed by atoms with van der Waals surface area (Å²) in [6.07, 6.45) is -3.59. The second-order valence-electron chi connectivity index (χ2n) is 8.88. The third-order valence-electron chi connectivity index (χ3n) is 6.57. The number of alkyl halides is 2. The number of benzene rings is 1. The van der Waals surface area contributed by atoms with Gasteiger partial charge in [-0.25, -0.2) is 41.9 Å². The number of ether oxygens (including phenoxy) is 1. The summed E-state index contributed by atoms with van der Waals surface area (Å²) in [5.41, 5.74) is -0.633. The molecule has 200 valence electrons.